The number of rotatable bonds is 12. The number of alkyl halides is 1. The molecule has 1 aliphatic rings. The van der Waals surface area contributed by atoms with E-state index >= 15 is 8.78 Å². The van der Waals surface area contributed by atoms with E-state index in [0.717, 1.165) is 41.8 Å². The molecule has 0 heterocycles. The third-order valence-corrected chi connectivity index (χ3v) is 6.82. The molecule has 0 saturated carbocycles. The molecule has 0 aliphatic heterocycles. The van der Waals surface area contributed by atoms with E-state index in [0.29, 0.717) is 24.2 Å². The van der Waals surface area contributed by atoms with E-state index in [9.17, 15) is 0 Å². The second-order valence-electron chi connectivity index (χ2n) is 9.36. The van der Waals surface area contributed by atoms with Gasteiger partial charge < -0.3 is 9.47 Å². The van der Waals surface area contributed by atoms with Gasteiger partial charge in [0, 0.05) is 17.6 Å². The van der Waals surface area contributed by atoms with Gasteiger partial charge in [-0.25, -0.2) is 8.78 Å². The second kappa shape index (κ2) is 11.8. The molecule has 0 bridgehead atoms. The summed E-state index contributed by atoms with van der Waals surface area (Å²) in [6.45, 7) is 5.28. The molecule has 4 rings (SSSR count). The Kier molecular flexibility index (Phi) is 8.56. The highest BCUT2D eigenvalue weighted by molar-refractivity contribution is 6.09. The molecule has 0 spiro atoms. The van der Waals surface area contributed by atoms with Crippen LogP contribution >= 0.6 is 0 Å². The smallest absolute Gasteiger partial charge is 0.184 e. The van der Waals surface area contributed by atoms with Crippen LogP contribution in [0.25, 0.3) is 21.5 Å². The van der Waals surface area contributed by atoms with Gasteiger partial charge in [0.05, 0.1) is 6.61 Å². The van der Waals surface area contributed by atoms with Crippen molar-refractivity contribution in [2.75, 3.05) is 13.2 Å². The van der Waals surface area contributed by atoms with Gasteiger partial charge in [0.15, 0.2) is 17.2 Å². The predicted octanol–water partition coefficient (Wildman–Crippen LogP) is 8.96. The van der Waals surface area contributed by atoms with Crippen LogP contribution in [-0.2, 0) is 10.4 Å². The molecule has 3 aromatic carbocycles. The molecule has 0 amide bonds. The third-order valence-electron chi connectivity index (χ3n) is 6.82. The van der Waals surface area contributed by atoms with E-state index in [1.165, 1.54) is 19.3 Å². The Morgan fingerprint density at radius 2 is 1.51 bits per heavy atom. The van der Waals surface area contributed by atoms with E-state index in [-0.39, 0.29) is 11.6 Å². The molecule has 1 aliphatic carbocycles. The molecule has 186 valence electrons. The minimum Gasteiger partial charge on any atom is -0.490 e. The second-order valence-corrected chi connectivity index (χ2v) is 9.36. The fraction of sp³-hybridized carbons (Fsp3) is 0.419. The summed E-state index contributed by atoms with van der Waals surface area (Å²) in [6.07, 6.45) is 13.7. The van der Waals surface area contributed by atoms with Gasteiger partial charge in [-0.2, -0.15) is 0 Å². The molecule has 0 N–H and O–H groups in total. The van der Waals surface area contributed by atoms with Gasteiger partial charge in [0.1, 0.15) is 6.10 Å². The summed E-state index contributed by atoms with van der Waals surface area (Å²) >= 11 is 0. The zero-order valence-electron chi connectivity index (χ0n) is 20.9. The Bertz CT molecular complexity index is 1200. The van der Waals surface area contributed by atoms with Gasteiger partial charge in [0.25, 0.3) is 0 Å². The lowest BCUT2D eigenvalue weighted by Crippen LogP contribution is -2.36. The maximum absolute atomic E-state index is 16.6. The third kappa shape index (κ3) is 5.43. The number of ether oxygens (including phenoxy) is 2. The summed E-state index contributed by atoms with van der Waals surface area (Å²) in [5.74, 6) is -0.0882. The summed E-state index contributed by atoms with van der Waals surface area (Å²) < 4.78 is 43.6. The first-order valence-corrected chi connectivity index (χ1v) is 13.0. The molecular formula is C31H36F2O2. The molecule has 0 aromatic heterocycles. The zero-order chi connectivity index (χ0) is 24.7. The lowest BCUT2D eigenvalue weighted by Gasteiger charge is -2.32. The Balaban J connectivity index is 1.64. The van der Waals surface area contributed by atoms with Crippen LogP contribution in [0.3, 0.4) is 0 Å². The largest absolute Gasteiger partial charge is 0.490 e. The van der Waals surface area contributed by atoms with E-state index in [1.54, 1.807) is 36.4 Å². The van der Waals surface area contributed by atoms with Crippen LogP contribution in [0, 0.1) is 5.82 Å². The summed E-state index contributed by atoms with van der Waals surface area (Å²) in [4.78, 5) is 0. The first-order valence-electron chi connectivity index (χ1n) is 13.0. The van der Waals surface area contributed by atoms with E-state index in [1.807, 2.05) is 30.3 Å². The molecular weight excluding hydrogens is 442 g/mol. The fourth-order valence-electron chi connectivity index (χ4n) is 4.82. The molecule has 2 nitrogen and oxygen atoms in total. The van der Waals surface area contributed by atoms with E-state index in [4.69, 9.17) is 9.47 Å². The molecule has 35 heavy (non-hydrogen) atoms. The number of unbranched alkanes of at least 4 members (excludes halogenated alkanes) is 5. The van der Waals surface area contributed by atoms with Crippen molar-refractivity contribution in [2.45, 2.75) is 70.6 Å². The summed E-state index contributed by atoms with van der Waals surface area (Å²) in [5, 5.41) is 2.81. The van der Waals surface area contributed by atoms with Gasteiger partial charge in [-0.15, -0.1) is 0 Å². The maximum atomic E-state index is 16.6. The van der Waals surface area contributed by atoms with E-state index in [2.05, 4.69) is 13.8 Å². The lowest BCUT2D eigenvalue weighted by molar-refractivity contribution is -0.0124. The van der Waals surface area contributed by atoms with Crippen LogP contribution < -0.4 is 4.74 Å². The Morgan fingerprint density at radius 1 is 0.771 bits per heavy atom. The standard InChI is InChI=1S/C31H36F2O2/c1-3-5-7-8-11-22-34-28-19-18-24-23-13-12-14-27(25(23)16-17-26(24)30(28)32)31(33)20-10-9-15-29(31)35-21-6-4-2/h9-10,12-20,29H,3-8,11,21-22H2,1-2H3. The molecule has 0 saturated heterocycles. The highest BCUT2D eigenvalue weighted by Gasteiger charge is 2.40. The van der Waals surface area contributed by atoms with Crippen molar-refractivity contribution in [3.63, 3.8) is 0 Å². The number of hydrogen-bond donors (Lipinski definition) is 0. The van der Waals surface area contributed by atoms with Crippen molar-refractivity contribution < 1.29 is 18.3 Å². The van der Waals surface area contributed by atoms with Crippen LogP contribution in [0.15, 0.2) is 66.8 Å². The van der Waals surface area contributed by atoms with Crippen molar-refractivity contribution in [3.8, 4) is 5.75 Å². The molecule has 3 aromatic rings. The van der Waals surface area contributed by atoms with Crippen LogP contribution in [0.1, 0.15) is 64.4 Å². The number of halogens is 2. The molecule has 0 fully saturated rings. The van der Waals surface area contributed by atoms with Crippen molar-refractivity contribution in [3.05, 3.63) is 78.1 Å². The number of fused-ring (bicyclic) bond motifs is 3. The topological polar surface area (TPSA) is 18.5 Å². The summed E-state index contributed by atoms with van der Waals surface area (Å²) in [5.41, 5.74) is -1.26. The van der Waals surface area contributed by atoms with Crippen molar-refractivity contribution in [1.82, 2.24) is 0 Å². The van der Waals surface area contributed by atoms with Crippen molar-refractivity contribution in [2.24, 2.45) is 0 Å². The average Bonchev–Trinajstić information content (AvgIpc) is 2.88. The molecule has 4 heteroatoms. The van der Waals surface area contributed by atoms with Gasteiger partial charge in [-0.1, -0.05) is 94.5 Å². The highest BCUT2D eigenvalue weighted by atomic mass is 19.1. The van der Waals surface area contributed by atoms with Crippen molar-refractivity contribution >= 4 is 21.5 Å². The molecule has 0 radical (unpaired) electrons. The number of allylic oxidation sites excluding steroid dienone is 2. The minimum absolute atomic E-state index is 0.273. The van der Waals surface area contributed by atoms with Crippen LogP contribution in [0.2, 0.25) is 0 Å². The first kappa shape index (κ1) is 25.4. The fourth-order valence-corrected chi connectivity index (χ4v) is 4.82. The predicted molar refractivity (Wildman–Crippen MR) is 141 cm³/mol. The number of benzene rings is 3. The first-order chi connectivity index (χ1) is 17.1. The molecule has 2 unspecified atom stereocenters. The highest BCUT2D eigenvalue weighted by Crippen LogP contribution is 2.42. The van der Waals surface area contributed by atoms with Gasteiger partial charge in [0.2, 0.25) is 0 Å². The van der Waals surface area contributed by atoms with E-state index < -0.39 is 11.8 Å². The summed E-state index contributed by atoms with van der Waals surface area (Å²) in [6, 6.07) is 12.7. The zero-order valence-corrected chi connectivity index (χ0v) is 20.9. The van der Waals surface area contributed by atoms with Gasteiger partial charge in [-0.05, 0) is 47.2 Å². The van der Waals surface area contributed by atoms with Gasteiger partial charge >= 0.3 is 0 Å². The molecule has 2 atom stereocenters. The number of hydrogen-bond acceptors (Lipinski definition) is 2. The minimum atomic E-state index is -1.80. The Hall–Kier alpha value is -2.72. The summed E-state index contributed by atoms with van der Waals surface area (Å²) in [7, 11) is 0. The maximum Gasteiger partial charge on any atom is 0.184 e. The Labute approximate surface area is 207 Å². The average molecular weight is 479 g/mol. The normalized spacial score (nSPS) is 19.6. The Morgan fingerprint density at radius 3 is 2.34 bits per heavy atom. The van der Waals surface area contributed by atoms with Crippen LogP contribution in [0.5, 0.6) is 5.75 Å². The van der Waals surface area contributed by atoms with Crippen LogP contribution in [-0.4, -0.2) is 19.3 Å². The van der Waals surface area contributed by atoms with Gasteiger partial charge in [-0.3, -0.25) is 0 Å². The lowest BCUT2D eigenvalue weighted by atomic mass is 9.83. The van der Waals surface area contributed by atoms with Crippen LogP contribution in [0.4, 0.5) is 8.78 Å². The van der Waals surface area contributed by atoms with Crippen molar-refractivity contribution in [1.29, 1.82) is 0 Å². The monoisotopic (exact) mass is 478 g/mol. The SMILES string of the molecule is CCCCCCCOc1ccc2c(ccc3c(C4(F)C=CC=CC4OCCCC)cccc32)c1F. The quantitative estimate of drug-likeness (QED) is 0.191.